The Bertz CT molecular complexity index is 1200. The van der Waals surface area contributed by atoms with Gasteiger partial charge in [-0.2, -0.15) is 5.10 Å². The average molecular weight is 507 g/mol. The summed E-state index contributed by atoms with van der Waals surface area (Å²) in [5.41, 5.74) is 3.97. The third kappa shape index (κ3) is 5.18. The summed E-state index contributed by atoms with van der Waals surface area (Å²) in [4.78, 5) is 0. The van der Waals surface area contributed by atoms with Gasteiger partial charge < -0.3 is 34.6 Å². The van der Waals surface area contributed by atoms with Gasteiger partial charge in [0.15, 0.2) is 0 Å². The molecule has 0 spiro atoms. The van der Waals surface area contributed by atoms with Crippen LogP contribution in [0.4, 0.5) is 5.69 Å². The van der Waals surface area contributed by atoms with Crippen molar-refractivity contribution >= 4 is 11.4 Å². The Morgan fingerprint density at radius 1 is 0.865 bits per heavy atom. The molecule has 1 fully saturated rings. The molecule has 0 saturated carbocycles. The van der Waals surface area contributed by atoms with E-state index in [9.17, 15) is 20.4 Å². The molecule has 0 bridgehead atoms. The van der Waals surface area contributed by atoms with Crippen LogP contribution in [-0.4, -0.2) is 70.6 Å². The molecule has 9 nitrogen and oxygen atoms in total. The normalized spacial score (nSPS) is 27.6. The van der Waals surface area contributed by atoms with E-state index in [-0.39, 0.29) is 6.04 Å². The lowest BCUT2D eigenvalue weighted by Crippen LogP contribution is -2.60. The van der Waals surface area contributed by atoms with Crippen molar-refractivity contribution in [1.82, 2.24) is 0 Å². The average Bonchev–Trinajstić information content (AvgIpc) is 3.40. The number of nitrogens with zero attached hydrogens (tertiary/aromatic N) is 2. The number of aliphatic hydroxyl groups excluding tert-OH is 4. The first-order valence-electron chi connectivity index (χ1n) is 12.1. The predicted octanol–water partition coefficient (Wildman–Crippen LogP) is 2.23. The van der Waals surface area contributed by atoms with E-state index in [0.717, 1.165) is 28.3 Å². The molecule has 2 aliphatic rings. The predicted molar refractivity (Wildman–Crippen MR) is 137 cm³/mol. The van der Waals surface area contributed by atoms with Crippen LogP contribution in [0.3, 0.4) is 0 Å². The van der Waals surface area contributed by atoms with Gasteiger partial charge in [-0.05, 0) is 47.5 Å². The van der Waals surface area contributed by atoms with E-state index >= 15 is 0 Å². The van der Waals surface area contributed by atoms with Crippen molar-refractivity contribution in [3.8, 4) is 11.5 Å². The molecular formula is C28H30N2O7. The minimum absolute atomic E-state index is 0.0649. The molecule has 37 heavy (non-hydrogen) atoms. The molecule has 6 atom stereocenters. The van der Waals surface area contributed by atoms with Gasteiger partial charge in [0.2, 0.25) is 6.29 Å². The van der Waals surface area contributed by atoms with Crippen LogP contribution in [0.15, 0.2) is 84.0 Å². The Balaban J connectivity index is 1.37. The van der Waals surface area contributed by atoms with Crippen molar-refractivity contribution in [2.45, 2.75) is 43.2 Å². The standard InChI is InChI=1S/C28H30N2O7/c1-35-20-13-9-19(10-14-20)30-23(15-22(29-30)17-5-3-2-4-6-17)18-7-11-21(12-8-18)36-28-27(34)26(33)25(32)24(16-31)37-28/h2-14,23-28,31-34H,15-16H2,1H3/t23?,24-,25-,26-,27-,28-/m1/s1. The Labute approximate surface area is 214 Å². The van der Waals surface area contributed by atoms with Crippen LogP contribution in [-0.2, 0) is 4.74 Å². The number of benzene rings is 3. The van der Waals surface area contributed by atoms with Crippen molar-refractivity contribution in [1.29, 1.82) is 0 Å². The first-order chi connectivity index (χ1) is 18.0. The molecule has 0 radical (unpaired) electrons. The van der Waals surface area contributed by atoms with Gasteiger partial charge in [0.05, 0.1) is 31.2 Å². The number of hydrogen-bond donors (Lipinski definition) is 4. The lowest BCUT2D eigenvalue weighted by molar-refractivity contribution is -0.277. The largest absolute Gasteiger partial charge is 0.497 e. The fourth-order valence-corrected chi connectivity index (χ4v) is 4.62. The van der Waals surface area contributed by atoms with Gasteiger partial charge in [-0.25, -0.2) is 0 Å². The van der Waals surface area contributed by atoms with Gasteiger partial charge in [-0.1, -0.05) is 42.5 Å². The van der Waals surface area contributed by atoms with E-state index in [1.165, 1.54) is 0 Å². The van der Waals surface area contributed by atoms with Gasteiger partial charge in [-0.15, -0.1) is 0 Å². The molecule has 0 amide bonds. The molecule has 1 unspecified atom stereocenters. The molecule has 0 aromatic heterocycles. The highest BCUT2D eigenvalue weighted by atomic mass is 16.7. The third-order valence-corrected chi connectivity index (χ3v) is 6.72. The van der Waals surface area contributed by atoms with Crippen LogP contribution in [0.1, 0.15) is 23.6 Å². The fourth-order valence-electron chi connectivity index (χ4n) is 4.62. The zero-order valence-electron chi connectivity index (χ0n) is 20.3. The number of aliphatic hydroxyl groups is 4. The van der Waals surface area contributed by atoms with Crippen molar-refractivity contribution in [3.05, 3.63) is 90.0 Å². The van der Waals surface area contributed by atoms with Gasteiger partial charge in [0.1, 0.15) is 35.9 Å². The zero-order chi connectivity index (χ0) is 25.9. The first-order valence-corrected chi connectivity index (χ1v) is 12.1. The molecule has 9 heteroatoms. The van der Waals surface area contributed by atoms with Crippen LogP contribution in [0.2, 0.25) is 0 Å². The van der Waals surface area contributed by atoms with Crippen LogP contribution in [0, 0.1) is 0 Å². The van der Waals surface area contributed by atoms with E-state index in [0.29, 0.717) is 12.2 Å². The second-order valence-corrected chi connectivity index (χ2v) is 9.06. The van der Waals surface area contributed by atoms with E-state index in [2.05, 4.69) is 0 Å². The molecule has 2 aliphatic heterocycles. The van der Waals surface area contributed by atoms with Crippen LogP contribution < -0.4 is 14.5 Å². The smallest absolute Gasteiger partial charge is 0.229 e. The molecule has 5 rings (SSSR count). The van der Waals surface area contributed by atoms with E-state index in [4.69, 9.17) is 19.3 Å². The van der Waals surface area contributed by atoms with Gasteiger partial charge >= 0.3 is 0 Å². The van der Waals surface area contributed by atoms with Crippen LogP contribution >= 0.6 is 0 Å². The molecule has 0 aliphatic carbocycles. The van der Waals surface area contributed by atoms with Crippen LogP contribution in [0.5, 0.6) is 11.5 Å². The maximum absolute atomic E-state index is 10.3. The summed E-state index contributed by atoms with van der Waals surface area (Å²) >= 11 is 0. The number of methoxy groups -OCH3 is 1. The summed E-state index contributed by atoms with van der Waals surface area (Å²) in [5.74, 6) is 1.17. The second kappa shape index (κ2) is 10.9. The first kappa shape index (κ1) is 25.2. The number of anilines is 1. The maximum Gasteiger partial charge on any atom is 0.229 e. The Kier molecular flexibility index (Phi) is 7.40. The summed E-state index contributed by atoms with van der Waals surface area (Å²) in [7, 11) is 1.63. The molecule has 4 N–H and O–H groups in total. The molecule has 2 heterocycles. The highest BCUT2D eigenvalue weighted by molar-refractivity contribution is 6.03. The maximum atomic E-state index is 10.3. The number of ether oxygens (including phenoxy) is 3. The minimum Gasteiger partial charge on any atom is -0.497 e. The molecule has 3 aromatic rings. The SMILES string of the molecule is COc1ccc(N2N=C(c3ccccc3)CC2c2ccc(O[C@@H]3O[C@H](CO)[C@@H](O)[C@@H](O)[C@H]3O)cc2)cc1. The van der Waals surface area contributed by atoms with Crippen molar-refractivity contribution in [3.63, 3.8) is 0 Å². The second-order valence-electron chi connectivity index (χ2n) is 9.06. The van der Waals surface area contributed by atoms with E-state index in [1.54, 1.807) is 19.2 Å². The lowest BCUT2D eigenvalue weighted by atomic mass is 9.98. The molecule has 1 saturated heterocycles. The van der Waals surface area contributed by atoms with Crippen molar-refractivity contribution in [2.24, 2.45) is 5.10 Å². The van der Waals surface area contributed by atoms with Crippen LogP contribution in [0.25, 0.3) is 0 Å². The summed E-state index contributed by atoms with van der Waals surface area (Å²) in [6.45, 7) is -0.517. The summed E-state index contributed by atoms with van der Waals surface area (Å²) < 4.78 is 16.5. The number of hydrogen-bond acceptors (Lipinski definition) is 9. The van der Waals surface area contributed by atoms with Crippen molar-refractivity contribution < 1.29 is 34.6 Å². The number of hydrazone groups is 1. The number of rotatable bonds is 7. The zero-order valence-corrected chi connectivity index (χ0v) is 20.3. The summed E-state index contributed by atoms with van der Waals surface area (Å²) in [5, 5.41) is 46.6. The quantitative estimate of drug-likeness (QED) is 0.385. The van der Waals surface area contributed by atoms with E-state index in [1.807, 2.05) is 71.7 Å². The topological polar surface area (TPSA) is 124 Å². The monoisotopic (exact) mass is 506 g/mol. The minimum atomic E-state index is -1.50. The molecule has 194 valence electrons. The summed E-state index contributed by atoms with van der Waals surface area (Å²) in [6, 6.07) is 25.1. The molecule has 3 aromatic carbocycles. The third-order valence-electron chi connectivity index (χ3n) is 6.72. The molecular weight excluding hydrogens is 476 g/mol. The highest BCUT2D eigenvalue weighted by Gasteiger charge is 2.44. The van der Waals surface area contributed by atoms with Gasteiger partial charge in [0.25, 0.3) is 0 Å². The summed E-state index contributed by atoms with van der Waals surface area (Å²) in [6.07, 6.45) is -5.99. The van der Waals surface area contributed by atoms with E-state index < -0.39 is 37.3 Å². The Morgan fingerprint density at radius 2 is 1.54 bits per heavy atom. The fraction of sp³-hybridized carbons (Fsp3) is 0.321. The Hall–Kier alpha value is -3.47. The highest BCUT2D eigenvalue weighted by Crippen LogP contribution is 2.38. The lowest BCUT2D eigenvalue weighted by Gasteiger charge is -2.39. The van der Waals surface area contributed by atoms with Gasteiger partial charge in [-0.3, -0.25) is 5.01 Å². The van der Waals surface area contributed by atoms with Crippen molar-refractivity contribution in [2.75, 3.05) is 18.7 Å². The Morgan fingerprint density at radius 3 is 2.19 bits per heavy atom. The van der Waals surface area contributed by atoms with Gasteiger partial charge in [0, 0.05) is 6.42 Å².